The third kappa shape index (κ3) is 6.53. The number of nitrogens with one attached hydrogen (secondary N) is 1. The number of nitriles is 1. The molecule has 0 radical (unpaired) electrons. The van der Waals surface area contributed by atoms with Crippen molar-refractivity contribution >= 4 is 11.4 Å². The van der Waals surface area contributed by atoms with Gasteiger partial charge < -0.3 is 5.32 Å². The molecule has 2 atom stereocenters. The number of allylic oxidation sites excluding steroid dienone is 1. The van der Waals surface area contributed by atoms with Crippen LogP contribution in [0.15, 0.2) is 67.2 Å². The predicted molar refractivity (Wildman–Crippen MR) is 144 cm³/mol. The number of benzene rings is 2. The summed E-state index contributed by atoms with van der Waals surface area (Å²) >= 11 is 0. The van der Waals surface area contributed by atoms with Gasteiger partial charge in [0.1, 0.15) is 11.6 Å². The van der Waals surface area contributed by atoms with Gasteiger partial charge in [0, 0.05) is 30.1 Å². The molecule has 36 heavy (non-hydrogen) atoms. The van der Waals surface area contributed by atoms with Gasteiger partial charge in [0.05, 0.1) is 17.3 Å². The number of Topliss-reactive ketones (excluding diaryl/α,β-unsaturated/α-hetero) is 1. The standard InChI is InChI=1S/C31H34FN3O/c1-5-31(36)28(20-34-4)22(3)21(2)26-16-17-30(27-14-7-6-12-24(27)19-33)35-29(26)15-9-11-23-10-8-13-25(32)18-23/h6-8,10,12-14,16-18,22,28,34H,2,5,9,11,15,20H2,1,3-4H3. The first kappa shape index (κ1) is 27.0. The van der Waals surface area contributed by atoms with E-state index < -0.39 is 0 Å². The van der Waals surface area contributed by atoms with Gasteiger partial charge in [-0.05, 0) is 73.2 Å². The first-order chi connectivity index (χ1) is 17.4. The number of aryl methyl sites for hydroxylation is 2. The van der Waals surface area contributed by atoms with Crippen molar-refractivity contribution in [2.45, 2.75) is 39.5 Å². The van der Waals surface area contributed by atoms with E-state index in [9.17, 15) is 14.4 Å². The Morgan fingerprint density at radius 1 is 1.14 bits per heavy atom. The SMILES string of the molecule is C=C(c1ccc(-c2ccccc2C#N)nc1CCCc1cccc(F)c1)C(C)C(CNC)C(=O)CC. The number of carbonyl (C=O) groups is 1. The van der Waals surface area contributed by atoms with E-state index in [0.29, 0.717) is 24.9 Å². The van der Waals surface area contributed by atoms with Gasteiger partial charge in [0.2, 0.25) is 0 Å². The van der Waals surface area contributed by atoms with Gasteiger partial charge in [-0.15, -0.1) is 0 Å². The molecule has 5 heteroatoms. The van der Waals surface area contributed by atoms with Crippen molar-refractivity contribution < 1.29 is 9.18 Å². The van der Waals surface area contributed by atoms with Gasteiger partial charge in [0.25, 0.3) is 0 Å². The number of rotatable bonds is 12. The number of nitrogens with zero attached hydrogens (tertiary/aromatic N) is 2. The fourth-order valence-corrected chi connectivity index (χ4v) is 4.63. The molecule has 2 aromatic carbocycles. The lowest BCUT2D eigenvalue weighted by atomic mass is 9.80. The van der Waals surface area contributed by atoms with E-state index in [0.717, 1.165) is 46.5 Å². The number of hydrogen-bond donors (Lipinski definition) is 1. The van der Waals surface area contributed by atoms with Crippen LogP contribution in [0.4, 0.5) is 4.39 Å². The molecule has 4 nitrogen and oxygen atoms in total. The Balaban J connectivity index is 1.96. The summed E-state index contributed by atoms with van der Waals surface area (Å²) < 4.78 is 13.6. The molecule has 0 aliphatic heterocycles. The minimum Gasteiger partial charge on any atom is -0.319 e. The molecule has 3 rings (SSSR count). The largest absolute Gasteiger partial charge is 0.319 e. The van der Waals surface area contributed by atoms with Crippen molar-refractivity contribution in [2.24, 2.45) is 11.8 Å². The molecule has 0 bridgehead atoms. The second-order valence-electron chi connectivity index (χ2n) is 9.13. The zero-order chi connectivity index (χ0) is 26.1. The molecule has 0 aliphatic carbocycles. The molecular weight excluding hydrogens is 449 g/mol. The molecule has 0 spiro atoms. The maximum absolute atomic E-state index is 13.6. The Morgan fingerprint density at radius 2 is 1.92 bits per heavy atom. The van der Waals surface area contributed by atoms with Crippen LogP contribution in [0.5, 0.6) is 0 Å². The fourth-order valence-electron chi connectivity index (χ4n) is 4.63. The van der Waals surface area contributed by atoms with Gasteiger partial charge in [0.15, 0.2) is 0 Å². The first-order valence-electron chi connectivity index (χ1n) is 12.5. The van der Waals surface area contributed by atoms with Gasteiger partial charge in [-0.2, -0.15) is 5.26 Å². The summed E-state index contributed by atoms with van der Waals surface area (Å²) in [6.45, 7) is 8.92. The molecule has 1 heterocycles. The highest BCUT2D eigenvalue weighted by Crippen LogP contribution is 2.33. The third-order valence-corrected chi connectivity index (χ3v) is 6.75. The number of ketones is 1. The molecule has 1 N–H and O–H groups in total. The second kappa shape index (κ2) is 12.9. The van der Waals surface area contributed by atoms with E-state index in [1.54, 1.807) is 18.2 Å². The monoisotopic (exact) mass is 483 g/mol. The quantitative estimate of drug-likeness (QED) is 0.324. The van der Waals surface area contributed by atoms with Crippen LogP contribution in [-0.4, -0.2) is 24.4 Å². The normalized spacial score (nSPS) is 12.5. The lowest BCUT2D eigenvalue weighted by Crippen LogP contribution is -2.31. The van der Waals surface area contributed by atoms with E-state index in [-0.39, 0.29) is 23.4 Å². The molecule has 0 fully saturated rings. The highest BCUT2D eigenvalue weighted by molar-refractivity contribution is 5.84. The van der Waals surface area contributed by atoms with Gasteiger partial charge in [-0.1, -0.05) is 56.8 Å². The maximum Gasteiger partial charge on any atom is 0.137 e. The number of halogens is 1. The van der Waals surface area contributed by atoms with Crippen LogP contribution in [-0.2, 0) is 17.6 Å². The zero-order valence-electron chi connectivity index (χ0n) is 21.4. The lowest BCUT2D eigenvalue weighted by Gasteiger charge is -2.26. The summed E-state index contributed by atoms with van der Waals surface area (Å²) in [5, 5.41) is 12.7. The summed E-state index contributed by atoms with van der Waals surface area (Å²) in [5.41, 5.74) is 5.71. The van der Waals surface area contributed by atoms with Crippen molar-refractivity contribution in [3.8, 4) is 17.3 Å². The van der Waals surface area contributed by atoms with Crippen molar-refractivity contribution in [1.82, 2.24) is 10.3 Å². The summed E-state index contributed by atoms with van der Waals surface area (Å²) in [6, 6.07) is 20.3. The van der Waals surface area contributed by atoms with Crippen molar-refractivity contribution in [3.63, 3.8) is 0 Å². The average Bonchev–Trinajstić information content (AvgIpc) is 2.90. The van der Waals surface area contributed by atoms with Crippen LogP contribution in [0.2, 0.25) is 0 Å². The Morgan fingerprint density at radius 3 is 2.61 bits per heavy atom. The van der Waals surface area contributed by atoms with Crippen LogP contribution < -0.4 is 5.32 Å². The maximum atomic E-state index is 13.6. The minimum atomic E-state index is -0.236. The highest BCUT2D eigenvalue weighted by atomic mass is 19.1. The molecule has 0 saturated carbocycles. The van der Waals surface area contributed by atoms with Crippen molar-refractivity contribution in [3.05, 3.63) is 95.4 Å². The molecule has 0 aliphatic rings. The molecule has 0 amide bonds. The summed E-state index contributed by atoms with van der Waals surface area (Å²) in [6.07, 6.45) is 2.64. The van der Waals surface area contributed by atoms with E-state index in [1.165, 1.54) is 6.07 Å². The Kier molecular flexibility index (Phi) is 9.67. The summed E-state index contributed by atoms with van der Waals surface area (Å²) in [7, 11) is 1.85. The van der Waals surface area contributed by atoms with Gasteiger partial charge in [-0.3, -0.25) is 9.78 Å². The lowest BCUT2D eigenvalue weighted by molar-refractivity contribution is -0.123. The van der Waals surface area contributed by atoms with Gasteiger partial charge >= 0.3 is 0 Å². The topological polar surface area (TPSA) is 65.8 Å². The van der Waals surface area contributed by atoms with Crippen LogP contribution in [0.25, 0.3) is 16.8 Å². The van der Waals surface area contributed by atoms with Crippen molar-refractivity contribution in [2.75, 3.05) is 13.6 Å². The fraction of sp³-hybridized carbons (Fsp3) is 0.323. The second-order valence-corrected chi connectivity index (χ2v) is 9.13. The summed E-state index contributed by atoms with van der Waals surface area (Å²) in [5.74, 6) is -0.268. The Labute approximate surface area is 213 Å². The minimum absolute atomic E-state index is 0.0640. The van der Waals surface area contributed by atoms with Crippen LogP contribution >= 0.6 is 0 Å². The number of carbonyl (C=O) groups excluding carboxylic acids is 1. The predicted octanol–water partition coefficient (Wildman–Crippen LogP) is 6.40. The van der Waals surface area contributed by atoms with Crippen LogP contribution in [0, 0.1) is 29.0 Å². The third-order valence-electron chi connectivity index (χ3n) is 6.75. The molecule has 3 aromatic rings. The molecule has 0 saturated heterocycles. The number of hydrogen-bond acceptors (Lipinski definition) is 4. The Bertz CT molecular complexity index is 1260. The zero-order valence-corrected chi connectivity index (χ0v) is 21.4. The number of aromatic nitrogens is 1. The smallest absolute Gasteiger partial charge is 0.137 e. The first-order valence-corrected chi connectivity index (χ1v) is 12.5. The Hall–Kier alpha value is -3.62. The van der Waals surface area contributed by atoms with Crippen LogP contribution in [0.3, 0.4) is 0 Å². The van der Waals surface area contributed by atoms with E-state index in [2.05, 4.69) is 18.0 Å². The molecule has 1 aromatic heterocycles. The highest BCUT2D eigenvalue weighted by Gasteiger charge is 2.27. The average molecular weight is 484 g/mol. The summed E-state index contributed by atoms with van der Waals surface area (Å²) in [4.78, 5) is 17.7. The number of pyridine rings is 1. The van der Waals surface area contributed by atoms with E-state index in [4.69, 9.17) is 4.98 Å². The van der Waals surface area contributed by atoms with Crippen LogP contribution in [0.1, 0.15) is 49.1 Å². The van der Waals surface area contributed by atoms with Crippen molar-refractivity contribution in [1.29, 1.82) is 5.26 Å². The molecule has 2 unspecified atom stereocenters. The van der Waals surface area contributed by atoms with Gasteiger partial charge in [-0.25, -0.2) is 4.39 Å². The molecular formula is C31H34FN3O. The molecule has 186 valence electrons. The van der Waals surface area contributed by atoms with E-state index in [1.807, 2.05) is 57.3 Å². The van der Waals surface area contributed by atoms with E-state index >= 15 is 0 Å².